The van der Waals surface area contributed by atoms with E-state index < -0.39 is 17.6 Å². The molecule has 1 aliphatic rings. The van der Waals surface area contributed by atoms with Crippen LogP contribution < -0.4 is 15.0 Å². The van der Waals surface area contributed by atoms with Crippen LogP contribution in [0.5, 0.6) is 5.75 Å². The molecule has 1 fully saturated rings. The summed E-state index contributed by atoms with van der Waals surface area (Å²) in [6, 6.07) is 10.5. The number of anilines is 2. The quantitative estimate of drug-likeness (QED) is 0.639. The van der Waals surface area contributed by atoms with Crippen LogP contribution >= 0.6 is 0 Å². The van der Waals surface area contributed by atoms with Gasteiger partial charge in [-0.3, -0.25) is 14.9 Å². The van der Waals surface area contributed by atoms with E-state index in [0.29, 0.717) is 18.0 Å². The van der Waals surface area contributed by atoms with Crippen molar-refractivity contribution in [2.24, 2.45) is 0 Å². The molecule has 2 heterocycles. The van der Waals surface area contributed by atoms with Crippen molar-refractivity contribution < 1.29 is 31.9 Å². The molecule has 1 unspecified atom stereocenters. The number of ether oxygens (including phenoxy) is 1. The van der Waals surface area contributed by atoms with Crippen LogP contribution in [0.1, 0.15) is 34.2 Å². The van der Waals surface area contributed by atoms with E-state index in [0.717, 1.165) is 24.3 Å². The Morgan fingerprint density at radius 2 is 1.81 bits per heavy atom. The van der Waals surface area contributed by atoms with Crippen LogP contribution in [0.3, 0.4) is 0 Å². The molecule has 3 aromatic rings. The number of nitrogens with zero attached hydrogens (tertiary/aromatic N) is 3. The van der Waals surface area contributed by atoms with Crippen molar-refractivity contribution in [1.29, 1.82) is 0 Å². The minimum absolute atomic E-state index is 0.000486. The molecule has 8 nitrogen and oxygen atoms in total. The molecule has 1 atom stereocenters. The van der Waals surface area contributed by atoms with Crippen molar-refractivity contribution in [1.82, 2.24) is 10.2 Å². The van der Waals surface area contributed by atoms with E-state index in [4.69, 9.17) is 9.15 Å². The molecule has 0 aliphatic carbocycles. The number of hydrogen-bond donors (Lipinski definition) is 1. The van der Waals surface area contributed by atoms with Crippen molar-refractivity contribution in [3.8, 4) is 5.75 Å². The molecular weight excluding hydrogens is 429 g/mol. The summed E-state index contributed by atoms with van der Waals surface area (Å²) < 4.78 is 48.5. The number of rotatable bonds is 5. The number of nitrogens with one attached hydrogen (secondary N) is 1. The summed E-state index contributed by atoms with van der Waals surface area (Å²) >= 11 is 0. The minimum atomic E-state index is -4.49. The second kappa shape index (κ2) is 8.33. The molecular formula is C21H17F3N4O4. The average Bonchev–Trinajstić information content (AvgIpc) is 3.40. The first-order valence-electron chi connectivity index (χ1n) is 9.51. The van der Waals surface area contributed by atoms with Gasteiger partial charge in [-0.15, -0.1) is 5.10 Å². The van der Waals surface area contributed by atoms with E-state index >= 15 is 0 Å². The second-order valence-electron chi connectivity index (χ2n) is 7.08. The number of carbonyl (C=O) groups is 2. The Kier molecular flexibility index (Phi) is 5.56. The molecule has 4 rings (SSSR count). The molecule has 1 aromatic heterocycles. The molecule has 166 valence electrons. The van der Waals surface area contributed by atoms with E-state index in [-0.39, 0.29) is 35.7 Å². The molecule has 1 aliphatic heterocycles. The maximum Gasteiger partial charge on any atom is 0.416 e. The molecule has 0 saturated carbocycles. The number of aromatic nitrogens is 2. The smallest absolute Gasteiger partial charge is 0.416 e. The van der Waals surface area contributed by atoms with Gasteiger partial charge in [-0.25, -0.2) is 0 Å². The summed E-state index contributed by atoms with van der Waals surface area (Å²) in [5.41, 5.74) is -0.158. The summed E-state index contributed by atoms with van der Waals surface area (Å²) in [7, 11) is 1.55. The fourth-order valence-corrected chi connectivity index (χ4v) is 3.31. The number of amides is 2. The molecule has 1 saturated heterocycles. The molecule has 2 aromatic carbocycles. The standard InChI is InChI=1S/C21H17F3N4O4/c1-31-16-8-6-15(7-9-16)28-11-13(10-17(28)29)19-26-27-20(32-19)25-18(30)12-2-4-14(5-3-12)21(22,23)24/h2-9,13H,10-11H2,1H3,(H,25,27,30). The normalized spacial score (nSPS) is 16.3. The number of halogens is 3. The van der Waals surface area contributed by atoms with Gasteiger partial charge in [0.25, 0.3) is 5.91 Å². The molecule has 1 N–H and O–H groups in total. The Morgan fingerprint density at radius 1 is 1.12 bits per heavy atom. The van der Waals surface area contributed by atoms with Crippen LogP contribution in [0.25, 0.3) is 0 Å². The summed E-state index contributed by atoms with van der Waals surface area (Å²) in [4.78, 5) is 26.3. The Labute approximate surface area is 180 Å². The Hall–Kier alpha value is -3.89. The third-order valence-corrected chi connectivity index (χ3v) is 4.99. The zero-order valence-electron chi connectivity index (χ0n) is 16.7. The zero-order valence-corrected chi connectivity index (χ0v) is 16.7. The lowest BCUT2D eigenvalue weighted by atomic mass is 10.1. The Balaban J connectivity index is 1.41. The van der Waals surface area contributed by atoms with Crippen LogP contribution in [-0.4, -0.2) is 35.7 Å². The highest BCUT2D eigenvalue weighted by atomic mass is 19.4. The van der Waals surface area contributed by atoms with E-state index in [9.17, 15) is 22.8 Å². The lowest BCUT2D eigenvalue weighted by Gasteiger charge is -2.16. The van der Waals surface area contributed by atoms with Gasteiger partial charge in [0, 0.05) is 24.2 Å². The fourth-order valence-electron chi connectivity index (χ4n) is 3.31. The fraction of sp³-hybridized carbons (Fsp3) is 0.238. The van der Waals surface area contributed by atoms with Crippen LogP contribution in [0.15, 0.2) is 52.9 Å². The van der Waals surface area contributed by atoms with Gasteiger partial charge in [-0.05, 0) is 48.5 Å². The van der Waals surface area contributed by atoms with Gasteiger partial charge in [0.15, 0.2) is 0 Å². The largest absolute Gasteiger partial charge is 0.497 e. The first-order chi connectivity index (χ1) is 15.2. The monoisotopic (exact) mass is 446 g/mol. The summed E-state index contributed by atoms with van der Waals surface area (Å²) in [6.45, 7) is 0.319. The number of benzene rings is 2. The minimum Gasteiger partial charge on any atom is -0.497 e. The summed E-state index contributed by atoms with van der Waals surface area (Å²) in [5.74, 6) is -0.335. The van der Waals surface area contributed by atoms with Crippen molar-refractivity contribution in [3.05, 3.63) is 65.5 Å². The molecule has 0 radical (unpaired) electrons. The Morgan fingerprint density at radius 3 is 2.44 bits per heavy atom. The van der Waals surface area contributed by atoms with Crippen LogP contribution in [-0.2, 0) is 11.0 Å². The van der Waals surface area contributed by atoms with Crippen molar-refractivity contribution in [2.75, 3.05) is 23.9 Å². The lowest BCUT2D eigenvalue weighted by Crippen LogP contribution is -2.24. The second-order valence-corrected chi connectivity index (χ2v) is 7.08. The van der Waals surface area contributed by atoms with Gasteiger partial charge in [0.1, 0.15) is 5.75 Å². The highest BCUT2D eigenvalue weighted by molar-refractivity contribution is 6.03. The topological polar surface area (TPSA) is 97.6 Å². The first-order valence-corrected chi connectivity index (χ1v) is 9.51. The third-order valence-electron chi connectivity index (χ3n) is 4.99. The lowest BCUT2D eigenvalue weighted by molar-refractivity contribution is -0.137. The molecule has 0 spiro atoms. The van der Waals surface area contributed by atoms with Crippen molar-refractivity contribution in [3.63, 3.8) is 0 Å². The number of methoxy groups -OCH3 is 1. The van der Waals surface area contributed by atoms with Gasteiger partial charge in [0.2, 0.25) is 11.8 Å². The van der Waals surface area contributed by atoms with Crippen LogP contribution in [0.2, 0.25) is 0 Å². The average molecular weight is 446 g/mol. The number of alkyl halides is 3. The highest BCUT2D eigenvalue weighted by Crippen LogP contribution is 2.33. The van der Waals surface area contributed by atoms with Crippen LogP contribution in [0.4, 0.5) is 24.9 Å². The Bertz CT molecular complexity index is 1130. The van der Waals surface area contributed by atoms with Gasteiger partial charge in [-0.2, -0.15) is 13.2 Å². The molecule has 2 amide bonds. The maximum atomic E-state index is 12.6. The molecule has 32 heavy (non-hydrogen) atoms. The number of carbonyl (C=O) groups excluding carboxylic acids is 2. The summed E-state index contributed by atoms with van der Waals surface area (Å²) in [6.07, 6.45) is -4.34. The summed E-state index contributed by atoms with van der Waals surface area (Å²) in [5, 5.41) is 10.0. The van der Waals surface area contributed by atoms with E-state index in [1.165, 1.54) is 0 Å². The predicted octanol–water partition coefficient (Wildman–Crippen LogP) is 3.87. The third kappa shape index (κ3) is 4.41. The van der Waals surface area contributed by atoms with Crippen molar-refractivity contribution in [2.45, 2.75) is 18.5 Å². The van der Waals surface area contributed by atoms with E-state index in [1.807, 2.05) is 0 Å². The van der Waals surface area contributed by atoms with Crippen molar-refractivity contribution >= 4 is 23.5 Å². The van der Waals surface area contributed by atoms with E-state index in [1.54, 1.807) is 36.3 Å². The van der Waals surface area contributed by atoms with Gasteiger partial charge in [0.05, 0.1) is 18.6 Å². The van der Waals surface area contributed by atoms with E-state index in [2.05, 4.69) is 15.5 Å². The van der Waals surface area contributed by atoms with Gasteiger partial charge >= 0.3 is 12.2 Å². The van der Waals surface area contributed by atoms with Gasteiger partial charge in [-0.1, -0.05) is 5.10 Å². The SMILES string of the molecule is COc1ccc(N2CC(c3nnc(NC(=O)c4ccc(C(F)(F)F)cc4)o3)CC2=O)cc1. The maximum absolute atomic E-state index is 12.6. The molecule has 0 bridgehead atoms. The van der Waals surface area contributed by atoms with Gasteiger partial charge < -0.3 is 14.1 Å². The zero-order chi connectivity index (χ0) is 22.9. The predicted molar refractivity (Wildman–Crippen MR) is 106 cm³/mol. The number of hydrogen-bond acceptors (Lipinski definition) is 6. The van der Waals surface area contributed by atoms with Crippen LogP contribution in [0, 0.1) is 0 Å². The highest BCUT2D eigenvalue weighted by Gasteiger charge is 2.35. The first kappa shape index (κ1) is 21.3. The molecule has 11 heteroatoms.